The largest absolute Gasteiger partial charge is 0.315 e. The first-order chi connectivity index (χ1) is 8.66. The molecule has 1 aromatic rings. The number of rotatable bonds is 3. The van der Waals surface area contributed by atoms with Crippen LogP contribution >= 0.6 is 0 Å². The third kappa shape index (κ3) is 3.40. The van der Waals surface area contributed by atoms with Crippen LogP contribution in [0.1, 0.15) is 27.9 Å². The van der Waals surface area contributed by atoms with Gasteiger partial charge in [0.2, 0.25) is 0 Å². The van der Waals surface area contributed by atoms with Gasteiger partial charge in [-0.25, -0.2) is 0 Å². The first-order valence-corrected chi connectivity index (χ1v) is 6.70. The van der Waals surface area contributed by atoms with Crippen LogP contribution < -0.4 is 5.32 Å². The highest BCUT2D eigenvalue weighted by Gasteiger charge is 2.14. The van der Waals surface area contributed by atoms with Gasteiger partial charge in [0.25, 0.3) is 0 Å². The fourth-order valence-corrected chi connectivity index (χ4v) is 2.27. The lowest BCUT2D eigenvalue weighted by molar-refractivity contribution is 0.0935. The molecule has 3 heteroatoms. The number of aryl methyl sites for hydroxylation is 2. The monoisotopic (exact) mass is 246 g/mol. The van der Waals surface area contributed by atoms with Crippen LogP contribution in [0.15, 0.2) is 18.2 Å². The standard InChI is InChI=1S/C15H22N2O/c1-12-4-5-14(10-13(12)2)15(18)11-17-8-3-6-16-7-9-17/h4-5,10,16H,3,6-9,11H2,1-2H3. The molecule has 1 fully saturated rings. The van der Waals surface area contributed by atoms with E-state index >= 15 is 0 Å². The van der Waals surface area contributed by atoms with Gasteiger partial charge >= 0.3 is 0 Å². The van der Waals surface area contributed by atoms with Crippen molar-refractivity contribution < 1.29 is 4.79 Å². The Hall–Kier alpha value is -1.19. The summed E-state index contributed by atoms with van der Waals surface area (Å²) in [5.74, 6) is 0.236. The molecule has 2 rings (SSSR count). The number of carbonyl (C=O) groups excluding carboxylic acids is 1. The molecule has 1 aliphatic rings. The van der Waals surface area contributed by atoms with Gasteiger partial charge in [-0.3, -0.25) is 9.69 Å². The zero-order valence-corrected chi connectivity index (χ0v) is 11.3. The predicted octanol–water partition coefficient (Wildman–Crippen LogP) is 1.78. The van der Waals surface area contributed by atoms with E-state index in [9.17, 15) is 4.79 Å². The number of ketones is 1. The highest BCUT2D eigenvalue weighted by atomic mass is 16.1. The van der Waals surface area contributed by atoms with E-state index in [1.54, 1.807) is 0 Å². The molecule has 0 aliphatic carbocycles. The summed E-state index contributed by atoms with van der Waals surface area (Å²) in [7, 11) is 0. The summed E-state index contributed by atoms with van der Waals surface area (Å²) in [4.78, 5) is 14.5. The molecule has 0 aromatic heterocycles. The minimum absolute atomic E-state index is 0.236. The lowest BCUT2D eigenvalue weighted by Crippen LogP contribution is -2.33. The van der Waals surface area contributed by atoms with Crippen molar-refractivity contribution in [3.8, 4) is 0 Å². The van der Waals surface area contributed by atoms with Crippen molar-refractivity contribution in [3.63, 3.8) is 0 Å². The second-order valence-corrected chi connectivity index (χ2v) is 5.10. The molecule has 1 N–H and O–H groups in total. The molecule has 1 aromatic carbocycles. The maximum atomic E-state index is 12.2. The third-order valence-corrected chi connectivity index (χ3v) is 3.63. The summed E-state index contributed by atoms with van der Waals surface area (Å²) in [5.41, 5.74) is 3.28. The van der Waals surface area contributed by atoms with Crippen LogP contribution in [0.4, 0.5) is 0 Å². The van der Waals surface area contributed by atoms with Gasteiger partial charge in [-0.05, 0) is 50.6 Å². The van der Waals surface area contributed by atoms with Crippen LogP contribution in [0, 0.1) is 13.8 Å². The van der Waals surface area contributed by atoms with Crippen molar-refractivity contribution in [1.82, 2.24) is 10.2 Å². The number of Topliss-reactive ketones (excluding diaryl/α,β-unsaturated/α-hetero) is 1. The fourth-order valence-electron chi connectivity index (χ4n) is 2.27. The molecule has 3 nitrogen and oxygen atoms in total. The summed E-state index contributed by atoms with van der Waals surface area (Å²) >= 11 is 0. The van der Waals surface area contributed by atoms with Gasteiger partial charge in [0.15, 0.2) is 5.78 Å². The van der Waals surface area contributed by atoms with Crippen LogP contribution in [0.5, 0.6) is 0 Å². The van der Waals surface area contributed by atoms with Crippen molar-refractivity contribution >= 4 is 5.78 Å². The number of carbonyl (C=O) groups is 1. The second kappa shape index (κ2) is 6.12. The Morgan fingerprint density at radius 2 is 2.06 bits per heavy atom. The van der Waals surface area contributed by atoms with Crippen LogP contribution in [0.2, 0.25) is 0 Å². The molecule has 0 spiro atoms. The van der Waals surface area contributed by atoms with Gasteiger partial charge in [-0.2, -0.15) is 0 Å². The molecule has 1 saturated heterocycles. The van der Waals surface area contributed by atoms with E-state index in [-0.39, 0.29) is 5.78 Å². The number of nitrogens with zero attached hydrogens (tertiary/aromatic N) is 1. The van der Waals surface area contributed by atoms with Gasteiger partial charge in [-0.15, -0.1) is 0 Å². The van der Waals surface area contributed by atoms with Crippen LogP contribution in [-0.2, 0) is 0 Å². The molecule has 18 heavy (non-hydrogen) atoms. The van der Waals surface area contributed by atoms with Gasteiger partial charge in [0.05, 0.1) is 6.54 Å². The van der Waals surface area contributed by atoms with E-state index in [4.69, 9.17) is 0 Å². The van der Waals surface area contributed by atoms with Gasteiger partial charge in [0.1, 0.15) is 0 Å². The molecule has 1 aliphatic heterocycles. The Balaban J connectivity index is 1.99. The molecular formula is C15H22N2O. The van der Waals surface area contributed by atoms with Gasteiger partial charge in [0, 0.05) is 18.7 Å². The van der Waals surface area contributed by atoms with Gasteiger partial charge in [-0.1, -0.05) is 12.1 Å². The van der Waals surface area contributed by atoms with E-state index < -0.39 is 0 Å². The van der Waals surface area contributed by atoms with Crippen molar-refractivity contribution in [1.29, 1.82) is 0 Å². The number of nitrogens with one attached hydrogen (secondary N) is 1. The lowest BCUT2D eigenvalue weighted by atomic mass is 10.0. The zero-order valence-electron chi connectivity index (χ0n) is 11.3. The zero-order chi connectivity index (χ0) is 13.0. The first-order valence-electron chi connectivity index (χ1n) is 6.70. The topological polar surface area (TPSA) is 32.3 Å². The summed E-state index contributed by atoms with van der Waals surface area (Å²) < 4.78 is 0. The molecule has 0 amide bonds. The van der Waals surface area contributed by atoms with Crippen molar-refractivity contribution in [2.45, 2.75) is 20.3 Å². The van der Waals surface area contributed by atoms with Crippen LogP contribution in [0.3, 0.4) is 0 Å². The van der Waals surface area contributed by atoms with Crippen molar-refractivity contribution in [2.24, 2.45) is 0 Å². The summed E-state index contributed by atoms with van der Waals surface area (Å²) in [6.45, 7) is 8.71. The first kappa shape index (κ1) is 13.2. The Labute approximate surface area is 109 Å². The number of benzene rings is 1. The smallest absolute Gasteiger partial charge is 0.176 e. The van der Waals surface area contributed by atoms with E-state index in [1.165, 1.54) is 11.1 Å². The molecular weight excluding hydrogens is 224 g/mol. The quantitative estimate of drug-likeness (QED) is 0.825. The maximum absolute atomic E-state index is 12.2. The summed E-state index contributed by atoms with van der Waals surface area (Å²) in [5, 5.41) is 3.35. The Bertz CT molecular complexity index is 421. The lowest BCUT2D eigenvalue weighted by Gasteiger charge is -2.18. The Morgan fingerprint density at radius 1 is 1.22 bits per heavy atom. The molecule has 0 saturated carbocycles. The maximum Gasteiger partial charge on any atom is 0.176 e. The van der Waals surface area contributed by atoms with Crippen LogP contribution in [0.25, 0.3) is 0 Å². The molecule has 0 atom stereocenters. The second-order valence-electron chi connectivity index (χ2n) is 5.10. The average molecular weight is 246 g/mol. The molecule has 0 bridgehead atoms. The molecule has 0 unspecified atom stereocenters. The summed E-state index contributed by atoms with van der Waals surface area (Å²) in [6, 6.07) is 5.99. The number of hydrogen-bond acceptors (Lipinski definition) is 3. The fraction of sp³-hybridized carbons (Fsp3) is 0.533. The van der Waals surface area contributed by atoms with E-state index in [1.807, 2.05) is 18.2 Å². The van der Waals surface area contributed by atoms with Crippen LogP contribution in [-0.4, -0.2) is 43.4 Å². The van der Waals surface area contributed by atoms with E-state index in [2.05, 4.69) is 24.1 Å². The van der Waals surface area contributed by atoms with E-state index in [0.717, 1.165) is 38.2 Å². The third-order valence-electron chi connectivity index (χ3n) is 3.63. The minimum atomic E-state index is 0.236. The van der Waals surface area contributed by atoms with Gasteiger partial charge < -0.3 is 5.32 Å². The molecule has 1 heterocycles. The Morgan fingerprint density at radius 3 is 2.83 bits per heavy atom. The number of hydrogen-bond donors (Lipinski definition) is 1. The summed E-state index contributed by atoms with van der Waals surface area (Å²) in [6.07, 6.45) is 1.13. The normalized spacial score (nSPS) is 17.4. The van der Waals surface area contributed by atoms with E-state index in [0.29, 0.717) is 6.54 Å². The minimum Gasteiger partial charge on any atom is -0.315 e. The molecule has 98 valence electrons. The molecule has 0 radical (unpaired) electrons. The SMILES string of the molecule is Cc1ccc(C(=O)CN2CCCNCC2)cc1C. The predicted molar refractivity (Wildman–Crippen MR) is 74.2 cm³/mol. The van der Waals surface area contributed by atoms with Crippen molar-refractivity contribution in [2.75, 3.05) is 32.7 Å². The average Bonchev–Trinajstić information content (AvgIpc) is 2.61. The van der Waals surface area contributed by atoms with Crippen molar-refractivity contribution in [3.05, 3.63) is 34.9 Å². The Kier molecular flexibility index (Phi) is 4.50. The highest BCUT2D eigenvalue weighted by Crippen LogP contribution is 2.11. The highest BCUT2D eigenvalue weighted by molar-refractivity contribution is 5.97.